The molecule has 0 fully saturated rings. The van der Waals surface area contributed by atoms with Gasteiger partial charge in [0.2, 0.25) is 0 Å². The van der Waals surface area contributed by atoms with Crippen LogP contribution >= 0.6 is 69.6 Å². The molecule has 0 amide bonds. The van der Waals surface area contributed by atoms with E-state index in [1.807, 2.05) is 64.1 Å². The number of aryl methyl sites for hydroxylation is 4. The molecular formula is C34H24Cl6O8. The first-order valence-corrected chi connectivity index (χ1v) is 16.1. The van der Waals surface area contributed by atoms with Crippen molar-refractivity contribution >= 4 is 93.5 Å². The zero-order valence-electron chi connectivity index (χ0n) is 25.6. The van der Waals surface area contributed by atoms with Crippen molar-refractivity contribution < 1.29 is 38.1 Å². The Morgan fingerprint density at radius 1 is 0.521 bits per heavy atom. The summed E-state index contributed by atoms with van der Waals surface area (Å²) < 4.78 is 21.3. The number of hydrogen-bond donors (Lipinski definition) is 0. The summed E-state index contributed by atoms with van der Waals surface area (Å²) in [6.07, 6.45) is 0. The molecule has 0 radical (unpaired) electrons. The number of hydrogen-bond acceptors (Lipinski definition) is 8. The summed E-state index contributed by atoms with van der Waals surface area (Å²) in [5.74, 6) is -6.73. The zero-order valence-corrected chi connectivity index (χ0v) is 30.1. The van der Waals surface area contributed by atoms with Crippen molar-refractivity contribution in [1.29, 1.82) is 0 Å². The van der Waals surface area contributed by atoms with Crippen molar-refractivity contribution in [1.82, 2.24) is 0 Å². The molecule has 48 heavy (non-hydrogen) atoms. The lowest BCUT2D eigenvalue weighted by molar-refractivity contribution is -0.156. The Balaban J connectivity index is 1.60. The Hall–Kier alpha value is -3.50. The van der Waals surface area contributed by atoms with Crippen molar-refractivity contribution in [2.24, 2.45) is 0 Å². The second-order valence-electron chi connectivity index (χ2n) is 10.4. The standard InChI is InChI=1S/C34H24Cl6O8/c1-15-7-5-8-16(2)19(15)13-45-31(41)25-27(39)21(35)11-23(37)29(25)47-33(43)34(44)48-30-24(38)12-22(36)28(40)26(30)32(42)46-14-20-17(3)9-6-10-18(20)4/h5-12H,13-14H2,1-4H3. The maximum absolute atomic E-state index is 13.2. The Kier molecular flexibility index (Phi) is 12.3. The van der Waals surface area contributed by atoms with Crippen molar-refractivity contribution in [2.75, 3.05) is 0 Å². The van der Waals surface area contributed by atoms with Crippen LogP contribution in [0.5, 0.6) is 11.5 Å². The van der Waals surface area contributed by atoms with Gasteiger partial charge in [0.15, 0.2) is 11.5 Å². The second kappa shape index (κ2) is 15.8. The fourth-order valence-electron chi connectivity index (χ4n) is 4.56. The van der Waals surface area contributed by atoms with Gasteiger partial charge in [0.1, 0.15) is 24.3 Å². The lowest BCUT2D eigenvalue weighted by Gasteiger charge is -2.16. The normalized spacial score (nSPS) is 10.8. The predicted molar refractivity (Wildman–Crippen MR) is 184 cm³/mol. The van der Waals surface area contributed by atoms with Gasteiger partial charge >= 0.3 is 23.9 Å². The van der Waals surface area contributed by atoms with Gasteiger partial charge in [-0.3, -0.25) is 0 Å². The van der Waals surface area contributed by atoms with E-state index in [1.165, 1.54) is 0 Å². The van der Waals surface area contributed by atoms with Gasteiger partial charge in [0.05, 0.1) is 30.1 Å². The van der Waals surface area contributed by atoms with Gasteiger partial charge in [-0.2, -0.15) is 0 Å². The van der Waals surface area contributed by atoms with Crippen LogP contribution in [0.1, 0.15) is 54.1 Å². The summed E-state index contributed by atoms with van der Waals surface area (Å²) in [4.78, 5) is 52.6. The van der Waals surface area contributed by atoms with Gasteiger partial charge in [-0.1, -0.05) is 106 Å². The average molecular weight is 773 g/mol. The van der Waals surface area contributed by atoms with E-state index in [-0.39, 0.29) is 43.3 Å². The van der Waals surface area contributed by atoms with Crippen LogP contribution in [0.25, 0.3) is 0 Å². The minimum atomic E-state index is -1.68. The molecule has 0 aliphatic carbocycles. The van der Waals surface area contributed by atoms with Crippen LogP contribution in [-0.2, 0) is 32.3 Å². The number of rotatable bonds is 8. The number of ether oxygens (including phenoxy) is 4. The van der Waals surface area contributed by atoms with Gasteiger partial charge in [-0.05, 0) is 73.2 Å². The predicted octanol–water partition coefficient (Wildman–Crippen LogP) is 10.1. The minimum absolute atomic E-state index is 0.158. The Morgan fingerprint density at radius 2 is 0.833 bits per heavy atom. The van der Waals surface area contributed by atoms with Crippen LogP contribution in [-0.4, -0.2) is 23.9 Å². The van der Waals surface area contributed by atoms with Crippen LogP contribution in [0.4, 0.5) is 0 Å². The van der Waals surface area contributed by atoms with Gasteiger partial charge < -0.3 is 18.9 Å². The summed E-state index contributed by atoms with van der Waals surface area (Å²) >= 11 is 37.5. The van der Waals surface area contributed by atoms with Crippen LogP contribution in [0.3, 0.4) is 0 Å². The largest absolute Gasteiger partial charge is 0.457 e. The van der Waals surface area contributed by atoms with Crippen molar-refractivity contribution in [3.63, 3.8) is 0 Å². The summed E-state index contributed by atoms with van der Waals surface area (Å²) in [6, 6.07) is 13.3. The molecule has 4 aromatic carbocycles. The molecule has 0 heterocycles. The quantitative estimate of drug-likeness (QED) is 0.0755. The zero-order chi connectivity index (χ0) is 35.4. The molecular weight excluding hydrogens is 749 g/mol. The lowest BCUT2D eigenvalue weighted by atomic mass is 10.0. The molecule has 250 valence electrons. The van der Waals surface area contributed by atoms with Crippen LogP contribution in [0.2, 0.25) is 30.1 Å². The first-order chi connectivity index (χ1) is 22.6. The van der Waals surface area contributed by atoms with E-state index in [4.69, 9.17) is 88.6 Å². The number of carbonyl (C=O) groups is 4. The van der Waals surface area contributed by atoms with E-state index >= 15 is 0 Å². The fraction of sp³-hybridized carbons (Fsp3) is 0.176. The molecule has 14 heteroatoms. The van der Waals surface area contributed by atoms with E-state index in [9.17, 15) is 19.2 Å². The van der Waals surface area contributed by atoms with Crippen molar-refractivity contribution in [3.05, 3.63) is 123 Å². The number of esters is 4. The van der Waals surface area contributed by atoms with E-state index in [0.29, 0.717) is 0 Å². The molecule has 4 aromatic rings. The molecule has 0 N–H and O–H groups in total. The first kappa shape index (κ1) is 37.3. The third kappa shape index (κ3) is 8.20. The number of benzene rings is 4. The third-order valence-electron chi connectivity index (χ3n) is 7.20. The summed E-state index contributed by atoms with van der Waals surface area (Å²) in [6.45, 7) is 7.04. The molecule has 0 saturated heterocycles. The Morgan fingerprint density at radius 3 is 1.15 bits per heavy atom. The summed E-state index contributed by atoms with van der Waals surface area (Å²) in [5.41, 5.74) is 3.88. The molecule has 0 aliphatic rings. The average Bonchev–Trinajstić information content (AvgIpc) is 3.01. The molecule has 4 rings (SSSR count). The summed E-state index contributed by atoms with van der Waals surface area (Å²) in [5, 5.41) is -1.74. The first-order valence-electron chi connectivity index (χ1n) is 13.9. The van der Waals surface area contributed by atoms with Crippen molar-refractivity contribution in [2.45, 2.75) is 40.9 Å². The van der Waals surface area contributed by atoms with E-state index in [2.05, 4.69) is 0 Å². The van der Waals surface area contributed by atoms with E-state index in [1.54, 1.807) is 0 Å². The van der Waals surface area contributed by atoms with Crippen LogP contribution < -0.4 is 9.47 Å². The maximum atomic E-state index is 13.2. The molecule has 0 aliphatic heterocycles. The van der Waals surface area contributed by atoms with Crippen molar-refractivity contribution in [3.8, 4) is 11.5 Å². The third-order valence-corrected chi connectivity index (χ3v) is 9.34. The number of halogens is 6. The van der Waals surface area contributed by atoms with Gasteiger partial charge in [0.25, 0.3) is 0 Å². The van der Waals surface area contributed by atoms with Gasteiger partial charge in [-0.15, -0.1) is 0 Å². The Bertz CT molecular complexity index is 1790. The van der Waals surface area contributed by atoms with Gasteiger partial charge in [0, 0.05) is 0 Å². The fourth-order valence-corrected chi connectivity index (χ4v) is 6.00. The van der Waals surface area contributed by atoms with Gasteiger partial charge in [-0.25, -0.2) is 19.2 Å². The smallest absolute Gasteiger partial charge is 0.423 e. The molecule has 0 saturated carbocycles. The molecule has 0 unspecified atom stereocenters. The molecule has 0 spiro atoms. The van der Waals surface area contributed by atoms with Crippen LogP contribution in [0, 0.1) is 27.7 Å². The highest BCUT2D eigenvalue weighted by molar-refractivity contribution is 6.47. The highest BCUT2D eigenvalue weighted by Gasteiger charge is 2.32. The molecule has 0 bridgehead atoms. The van der Waals surface area contributed by atoms with E-state index in [0.717, 1.165) is 45.5 Å². The molecule has 8 nitrogen and oxygen atoms in total. The van der Waals surface area contributed by atoms with Crippen LogP contribution in [0.15, 0.2) is 48.5 Å². The topological polar surface area (TPSA) is 105 Å². The molecule has 0 atom stereocenters. The highest BCUT2D eigenvalue weighted by atomic mass is 35.5. The SMILES string of the molecule is Cc1cccc(C)c1COC(=O)c1c(Cl)c(Cl)cc(Cl)c1OC(=O)C(=O)Oc1c(Cl)cc(Cl)c(Cl)c1C(=O)OCc1c(C)cccc1C. The summed E-state index contributed by atoms with van der Waals surface area (Å²) in [7, 11) is 0. The highest BCUT2D eigenvalue weighted by Crippen LogP contribution is 2.42. The van der Waals surface area contributed by atoms with E-state index < -0.39 is 46.5 Å². The maximum Gasteiger partial charge on any atom is 0.423 e. The molecule has 0 aromatic heterocycles. The number of carbonyl (C=O) groups excluding carboxylic acids is 4. The lowest BCUT2D eigenvalue weighted by Crippen LogP contribution is -2.27. The minimum Gasteiger partial charge on any atom is -0.457 e. The Labute approximate surface area is 305 Å². The second-order valence-corrected chi connectivity index (χ2v) is 12.8. The monoisotopic (exact) mass is 770 g/mol.